The quantitative estimate of drug-likeness (QED) is 0.553. The number of carbonyl (C=O) groups is 1. The second kappa shape index (κ2) is 9.49. The van der Waals surface area contributed by atoms with Crippen molar-refractivity contribution in [3.63, 3.8) is 0 Å². The van der Waals surface area contributed by atoms with E-state index in [-0.39, 0.29) is 12.5 Å². The molecule has 1 amide bonds. The van der Waals surface area contributed by atoms with Crippen molar-refractivity contribution in [2.24, 2.45) is 0 Å². The van der Waals surface area contributed by atoms with Crippen LogP contribution in [0, 0.1) is 0 Å². The van der Waals surface area contributed by atoms with Gasteiger partial charge >= 0.3 is 5.69 Å². The fourth-order valence-corrected chi connectivity index (χ4v) is 4.05. The smallest absolute Gasteiger partial charge is 0.329 e. The van der Waals surface area contributed by atoms with Crippen molar-refractivity contribution in [1.29, 1.82) is 0 Å². The second-order valence-electron chi connectivity index (χ2n) is 7.87. The molecule has 7 nitrogen and oxygen atoms in total. The molecule has 1 aliphatic heterocycles. The molecule has 0 aliphatic carbocycles. The number of H-pyrrole nitrogens is 1. The molecule has 162 valence electrons. The number of rotatable bonds is 7. The van der Waals surface area contributed by atoms with Crippen LogP contribution in [-0.4, -0.2) is 46.5 Å². The molecule has 0 radical (unpaired) electrons. The van der Waals surface area contributed by atoms with Gasteiger partial charge in [0.2, 0.25) is 0 Å². The molecule has 8 heteroatoms. The number of halogens is 1. The molecular formula is C23H25ClN4O3. The second-order valence-corrected chi connectivity index (χ2v) is 8.30. The highest BCUT2D eigenvalue weighted by atomic mass is 35.5. The van der Waals surface area contributed by atoms with E-state index in [0.29, 0.717) is 28.0 Å². The van der Waals surface area contributed by atoms with Gasteiger partial charge in [-0.3, -0.25) is 14.2 Å². The van der Waals surface area contributed by atoms with Crippen LogP contribution in [0.15, 0.2) is 52.1 Å². The van der Waals surface area contributed by atoms with E-state index in [4.69, 9.17) is 11.6 Å². The van der Waals surface area contributed by atoms with E-state index >= 15 is 0 Å². The molecule has 1 fully saturated rings. The Kier molecular flexibility index (Phi) is 6.53. The van der Waals surface area contributed by atoms with Crippen molar-refractivity contribution in [2.45, 2.75) is 25.8 Å². The van der Waals surface area contributed by atoms with Crippen molar-refractivity contribution in [3.05, 3.63) is 79.5 Å². The zero-order chi connectivity index (χ0) is 21.8. The van der Waals surface area contributed by atoms with Gasteiger partial charge in [-0.05, 0) is 74.8 Å². The van der Waals surface area contributed by atoms with Gasteiger partial charge in [0.25, 0.3) is 11.5 Å². The Bertz CT molecular complexity index is 1190. The van der Waals surface area contributed by atoms with E-state index in [1.807, 2.05) is 0 Å². The SMILES string of the molecule is O=C(NCCCN1CCCC1)c1ccc2c(=O)n(Cc3ccc(Cl)cc3)c(=O)[nH]c2c1. The van der Waals surface area contributed by atoms with Crippen LogP contribution in [0.2, 0.25) is 5.02 Å². The Balaban J connectivity index is 1.47. The molecular weight excluding hydrogens is 416 g/mol. The molecule has 1 aliphatic rings. The van der Waals surface area contributed by atoms with Crippen LogP contribution in [0.5, 0.6) is 0 Å². The third kappa shape index (κ3) is 5.06. The lowest BCUT2D eigenvalue weighted by atomic mass is 10.1. The van der Waals surface area contributed by atoms with Gasteiger partial charge in [0.1, 0.15) is 0 Å². The van der Waals surface area contributed by atoms with Crippen LogP contribution in [-0.2, 0) is 6.54 Å². The molecule has 31 heavy (non-hydrogen) atoms. The first kappa shape index (κ1) is 21.3. The fourth-order valence-electron chi connectivity index (χ4n) is 3.92. The summed E-state index contributed by atoms with van der Waals surface area (Å²) >= 11 is 5.89. The molecule has 3 aromatic rings. The van der Waals surface area contributed by atoms with Crippen LogP contribution in [0.4, 0.5) is 0 Å². The molecule has 2 heterocycles. The largest absolute Gasteiger partial charge is 0.352 e. The highest BCUT2D eigenvalue weighted by molar-refractivity contribution is 6.30. The summed E-state index contributed by atoms with van der Waals surface area (Å²) < 4.78 is 1.14. The molecule has 4 rings (SSSR count). The minimum Gasteiger partial charge on any atom is -0.352 e. The predicted octanol–water partition coefficient (Wildman–Crippen LogP) is 2.61. The highest BCUT2D eigenvalue weighted by Crippen LogP contribution is 2.12. The van der Waals surface area contributed by atoms with Gasteiger partial charge in [0.05, 0.1) is 17.4 Å². The van der Waals surface area contributed by atoms with E-state index in [1.54, 1.807) is 42.5 Å². The van der Waals surface area contributed by atoms with Crippen LogP contribution in [0.3, 0.4) is 0 Å². The summed E-state index contributed by atoms with van der Waals surface area (Å²) in [5.74, 6) is -0.213. The van der Waals surface area contributed by atoms with Crippen LogP contribution < -0.4 is 16.6 Å². The molecule has 0 spiro atoms. The van der Waals surface area contributed by atoms with Gasteiger partial charge < -0.3 is 15.2 Å². The summed E-state index contributed by atoms with van der Waals surface area (Å²) in [6, 6.07) is 11.7. The minimum atomic E-state index is -0.518. The molecule has 1 aromatic heterocycles. The van der Waals surface area contributed by atoms with Crippen LogP contribution in [0.25, 0.3) is 10.9 Å². The van der Waals surface area contributed by atoms with Crippen molar-refractivity contribution < 1.29 is 4.79 Å². The number of likely N-dealkylation sites (tertiary alicyclic amines) is 1. The number of aromatic amines is 1. The zero-order valence-electron chi connectivity index (χ0n) is 17.2. The minimum absolute atomic E-state index is 0.139. The lowest BCUT2D eigenvalue weighted by molar-refractivity contribution is 0.0952. The van der Waals surface area contributed by atoms with Gasteiger partial charge in [0, 0.05) is 17.1 Å². The molecule has 0 unspecified atom stereocenters. The summed E-state index contributed by atoms with van der Waals surface area (Å²) in [5, 5.41) is 3.86. The zero-order valence-corrected chi connectivity index (χ0v) is 18.0. The molecule has 1 saturated heterocycles. The van der Waals surface area contributed by atoms with Crippen molar-refractivity contribution in [3.8, 4) is 0 Å². The predicted molar refractivity (Wildman–Crippen MR) is 122 cm³/mol. The summed E-state index contributed by atoms with van der Waals surface area (Å²) in [6.45, 7) is 3.99. The monoisotopic (exact) mass is 440 g/mol. The number of fused-ring (bicyclic) bond motifs is 1. The Hall–Kier alpha value is -2.90. The molecule has 0 atom stereocenters. The number of hydrogen-bond donors (Lipinski definition) is 2. The lowest BCUT2D eigenvalue weighted by Crippen LogP contribution is -2.35. The van der Waals surface area contributed by atoms with Crippen LogP contribution in [0.1, 0.15) is 35.2 Å². The first-order valence-electron chi connectivity index (χ1n) is 10.5. The number of aromatic nitrogens is 2. The lowest BCUT2D eigenvalue weighted by Gasteiger charge is -2.14. The fraction of sp³-hybridized carbons (Fsp3) is 0.348. The highest BCUT2D eigenvalue weighted by Gasteiger charge is 2.13. The van der Waals surface area contributed by atoms with Gasteiger partial charge in [-0.15, -0.1) is 0 Å². The maximum atomic E-state index is 12.9. The van der Waals surface area contributed by atoms with E-state index in [1.165, 1.54) is 12.8 Å². The number of nitrogens with zero attached hydrogens (tertiary/aromatic N) is 2. The molecule has 2 N–H and O–H groups in total. The van der Waals surface area contributed by atoms with Gasteiger partial charge in [0.15, 0.2) is 0 Å². The molecule has 2 aromatic carbocycles. The number of hydrogen-bond acceptors (Lipinski definition) is 4. The standard InChI is InChI=1S/C23H25ClN4O3/c24-18-7-4-16(5-8-18)15-28-22(30)19-9-6-17(14-20(19)26-23(28)31)21(29)25-10-3-13-27-11-1-2-12-27/h4-9,14H,1-3,10-13,15H2,(H,25,29)(H,26,31). The van der Waals surface area contributed by atoms with Gasteiger partial charge in [-0.1, -0.05) is 23.7 Å². The Morgan fingerprint density at radius 3 is 2.55 bits per heavy atom. The third-order valence-corrected chi connectivity index (χ3v) is 5.89. The van der Waals surface area contributed by atoms with E-state index in [0.717, 1.165) is 36.2 Å². The topological polar surface area (TPSA) is 87.2 Å². The Morgan fingerprint density at radius 2 is 1.81 bits per heavy atom. The third-order valence-electron chi connectivity index (χ3n) is 5.63. The van der Waals surface area contributed by atoms with E-state index in [2.05, 4.69) is 15.2 Å². The summed E-state index contributed by atoms with van der Waals surface area (Å²) in [4.78, 5) is 43.0. The van der Waals surface area contributed by atoms with E-state index in [9.17, 15) is 14.4 Å². The maximum Gasteiger partial charge on any atom is 0.329 e. The number of nitrogens with one attached hydrogen (secondary N) is 2. The summed E-state index contributed by atoms with van der Waals surface area (Å²) in [7, 11) is 0. The number of amides is 1. The average molecular weight is 441 g/mol. The summed E-state index contributed by atoms with van der Waals surface area (Å²) in [5.41, 5.74) is 0.648. The Morgan fingerprint density at radius 1 is 1.06 bits per heavy atom. The molecule has 0 saturated carbocycles. The first-order chi connectivity index (χ1) is 15.0. The van der Waals surface area contributed by atoms with Crippen LogP contribution >= 0.6 is 11.6 Å². The Labute approximate surface area is 184 Å². The maximum absolute atomic E-state index is 12.9. The average Bonchev–Trinajstić information content (AvgIpc) is 3.28. The normalized spacial score (nSPS) is 14.2. The van der Waals surface area contributed by atoms with Crippen molar-refractivity contribution >= 4 is 28.4 Å². The van der Waals surface area contributed by atoms with Gasteiger partial charge in [-0.2, -0.15) is 0 Å². The molecule has 0 bridgehead atoms. The van der Waals surface area contributed by atoms with Crippen molar-refractivity contribution in [1.82, 2.24) is 19.8 Å². The first-order valence-corrected chi connectivity index (χ1v) is 10.9. The van der Waals surface area contributed by atoms with Crippen molar-refractivity contribution in [2.75, 3.05) is 26.2 Å². The van der Waals surface area contributed by atoms with E-state index < -0.39 is 11.2 Å². The van der Waals surface area contributed by atoms with Gasteiger partial charge in [-0.25, -0.2) is 4.79 Å². The number of benzene rings is 2. The number of carbonyl (C=O) groups excluding carboxylic acids is 1. The summed E-state index contributed by atoms with van der Waals surface area (Å²) in [6.07, 6.45) is 3.40.